The molecule has 0 N–H and O–H groups in total. The van der Waals surface area contributed by atoms with Crippen LogP contribution in [-0.2, 0) is 4.84 Å². The molecule has 0 aliphatic carbocycles. The summed E-state index contributed by atoms with van der Waals surface area (Å²) >= 11 is 0. The average molecular weight is 153 g/mol. The van der Waals surface area contributed by atoms with Crippen LogP contribution in [0.4, 0.5) is 0 Å². The van der Waals surface area contributed by atoms with E-state index < -0.39 is 0 Å². The Kier molecular flexibility index (Phi) is 2.72. The minimum absolute atomic E-state index is 0.112. The van der Waals surface area contributed by atoms with Gasteiger partial charge in [0.15, 0.2) is 0 Å². The average Bonchev–Trinajstić information content (AvgIpc) is 2.39. The minimum atomic E-state index is 0.112. The monoisotopic (exact) mass is 153 g/mol. The van der Waals surface area contributed by atoms with Crippen LogP contribution in [-0.4, -0.2) is 12.3 Å². The van der Waals surface area contributed by atoms with Crippen molar-refractivity contribution in [2.75, 3.05) is 0 Å². The summed E-state index contributed by atoms with van der Waals surface area (Å²) in [5.41, 5.74) is 0. The van der Waals surface area contributed by atoms with Crippen molar-refractivity contribution < 1.29 is 9.25 Å². The van der Waals surface area contributed by atoms with Gasteiger partial charge in [-0.2, -0.15) is 0 Å². The van der Waals surface area contributed by atoms with E-state index in [9.17, 15) is 0 Å². The van der Waals surface area contributed by atoms with Crippen molar-refractivity contribution in [1.82, 2.24) is 0 Å². The highest BCUT2D eigenvalue weighted by atomic mass is 16.6. The standard InChI is InChI=1S/C8H11NO2/c1-7(2)11-9-6-8-4-3-5-10-8/h3-7H,1-2H3/b9-6+. The Hall–Kier alpha value is -1.25. The molecule has 3 heteroatoms. The smallest absolute Gasteiger partial charge is 0.148 e. The van der Waals surface area contributed by atoms with Gasteiger partial charge in [0.25, 0.3) is 0 Å². The summed E-state index contributed by atoms with van der Waals surface area (Å²) in [5, 5.41) is 3.69. The summed E-state index contributed by atoms with van der Waals surface area (Å²) in [7, 11) is 0. The molecular weight excluding hydrogens is 142 g/mol. The molecule has 1 aromatic rings. The van der Waals surface area contributed by atoms with E-state index in [-0.39, 0.29) is 6.10 Å². The number of hydrogen-bond donors (Lipinski definition) is 0. The highest BCUT2D eigenvalue weighted by molar-refractivity contribution is 5.74. The van der Waals surface area contributed by atoms with Crippen LogP contribution in [0.3, 0.4) is 0 Å². The number of rotatable bonds is 3. The SMILES string of the molecule is CC(C)O/N=C/c1ccco1. The van der Waals surface area contributed by atoms with E-state index in [1.165, 1.54) is 0 Å². The number of furan rings is 1. The van der Waals surface area contributed by atoms with Gasteiger partial charge in [-0.05, 0) is 26.0 Å². The van der Waals surface area contributed by atoms with E-state index in [1.807, 2.05) is 19.9 Å². The molecule has 0 fully saturated rings. The van der Waals surface area contributed by atoms with Gasteiger partial charge in [0.2, 0.25) is 0 Å². The van der Waals surface area contributed by atoms with Crippen LogP contribution in [0.15, 0.2) is 28.0 Å². The van der Waals surface area contributed by atoms with Crippen LogP contribution in [0.25, 0.3) is 0 Å². The predicted molar refractivity (Wildman–Crippen MR) is 42.5 cm³/mol. The molecule has 0 amide bonds. The van der Waals surface area contributed by atoms with Crippen molar-refractivity contribution >= 4 is 6.21 Å². The van der Waals surface area contributed by atoms with E-state index >= 15 is 0 Å². The lowest BCUT2D eigenvalue weighted by Gasteiger charge is -1.98. The van der Waals surface area contributed by atoms with E-state index in [2.05, 4.69) is 5.16 Å². The molecule has 1 aromatic heterocycles. The molecule has 11 heavy (non-hydrogen) atoms. The first-order valence-electron chi connectivity index (χ1n) is 3.52. The fourth-order valence-electron chi connectivity index (χ4n) is 0.569. The maximum Gasteiger partial charge on any atom is 0.148 e. The lowest BCUT2D eigenvalue weighted by Crippen LogP contribution is -1.95. The van der Waals surface area contributed by atoms with Crippen molar-refractivity contribution in [3.8, 4) is 0 Å². The first kappa shape index (κ1) is 7.85. The quantitative estimate of drug-likeness (QED) is 0.492. The van der Waals surface area contributed by atoms with Gasteiger partial charge >= 0.3 is 0 Å². The van der Waals surface area contributed by atoms with Gasteiger partial charge in [-0.3, -0.25) is 0 Å². The lowest BCUT2D eigenvalue weighted by molar-refractivity contribution is 0.0871. The highest BCUT2D eigenvalue weighted by Crippen LogP contribution is 1.96. The van der Waals surface area contributed by atoms with Crippen LogP contribution in [0, 0.1) is 0 Å². The summed E-state index contributed by atoms with van der Waals surface area (Å²) in [5.74, 6) is 0.700. The zero-order valence-corrected chi connectivity index (χ0v) is 6.65. The number of nitrogens with zero attached hydrogens (tertiary/aromatic N) is 1. The predicted octanol–water partition coefficient (Wildman–Crippen LogP) is 2.04. The summed E-state index contributed by atoms with van der Waals surface area (Å²) in [6.07, 6.45) is 3.25. The maximum absolute atomic E-state index is 4.99. The van der Waals surface area contributed by atoms with Gasteiger partial charge in [0.05, 0.1) is 6.26 Å². The van der Waals surface area contributed by atoms with Crippen LogP contribution in [0.1, 0.15) is 19.6 Å². The maximum atomic E-state index is 4.99. The third-order valence-electron chi connectivity index (χ3n) is 0.995. The number of oxime groups is 1. The van der Waals surface area contributed by atoms with E-state index in [0.29, 0.717) is 5.76 Å². The third-order valence-corrected chi connectivity index (χ3v) is 0.995. The van der Waals surface area contributed by atoms with Crippen LogP contribution < -0.4 is 0 Å². The van der Waals surface area contributed by atoms with Crippen LogP contribution >= 0.6 is 0 Å². The Morgan fingerprint density at radius 1 is 1.64 bits per heavy atom. The molecule has 0 aromatic carbocycles. The molecule has 0 unspecified atom stereocenters. The Morgan fingerprint density at radius 2 is 2.45 bits per heavy atom. The molecule has 1 rings (SSSR count). The molecule has 0 aliphatic heterocycles. The summed E-state index contributed by atoms with van der Waals surface area (Å²) in [6, 6.07) is 3.61. The molecule has 0 radical (unpaired) electrons. The van der Waals surface area contributed by atoms with Gasteiger partial charge in [0.1, 0.15) is 18.1 Å². The second-order valence-corrected chi connectivity index (χ2v) is 2.40. The highest BCUT2D eigenvalue weighted by Gasteiger charge is 1.90. The Morgan fingerprint density at radius 3 is 3.00 bits per heavy atom. The largest absolute Gasteiger partial charge is 0.463 e. The Bertz CT molecular complexity index is 214. The summed E-state index contributed by atoms with van der Waals surface area (Å²) in [6.45, 7) is 3.83. The van der Waals surface area contributed by atoms with Crippen molar-refractivity contribution in [1.29, 1.82) is 0 Å². The normalized spacial score (nSPS) is 11.2. The van der Waals surface area contributed by atoms with E-state index in [0.717, 1.165) is 0 Å². The van der Waals surface area contributed by atoms with Gasteiger partial charge < -0.3 is 9.25 Å². The zero-order chi connectivity index (χ0) is 8.10. The van der Waals surface area contributed by atoms with Gasteiger partial charge in [-0.1, -0.05) is 5.16 Å². The molecular formula is C8H11NO2. The molecule has 0 saturated heterocycles. The Labute approximate surface area is 65.6 Å². The Balaban J connectivity index is 2.37. The minimum Gasteiger partial charge on any atom is -0.463 e. The van der Waals surface area contributed by atoms with Crippen LogP contribution in [0.5, 0.6) is 0 Å². The molecule has 0 saturated carbocycles. The molecule has 0 atom stereocenters. The fraction of sp³-hybridized carbons (Fsp3) is 0.375. The second-order valence-electron chi connectivity index (χ2n) is 2.40. The van der Waals surface area contributed by atoms with E-state index in [4.69, 9.17) is 9.25 Å². The second kappa shape index (κ2) is 3.81. The number of hydrogen-bond acceptors (Lipinski definition) is 3. The van der Waals surface area contributed by atoms with Crippen molar-refractivity contribution in [2.24, 2.45) is 5.16 Å². The molecule has 60 valence electrons. The van der Waals surface area contributed by atoms with Crippen molar-refractivity contribution in [3.05, 3.63) is 24.2 Å². The molecule has 1 heterocycles. The van der Waals surface area contributed by atoms with Gasteiger partial charge in [-0.25, -0.2) is 0 Å². The first-order chi connectivity index (χ1) is 5.29. The van der Waals surface area contributed by atoms with E-state index in [1.54, 1.807) is 18.5 Å². The van der Waals surface area contributed by atoms with Crippen LogP contribution in [0.2, 0.25) is 0 Å². The van der Waals surface area contributed by atoms with Crippen molar-refractivity contribution in [3.63, 3.8) is 0 Å². The summed E-state index contributed by atoms with van der Waals surface area (Å²) in [4.78, 5) is 4.92. The zero-order valence-electron chi connectivity index (χ0n) is 6.65. The molecule has 3 nitrogen and oxygen atoms in total. The third kappa shape index (κ3) is 2.89. The summed E-state index contributed by atoms with van der Waals surface area (Å²) < 4.78 is 4.99. The molecule has 0 bridgehead atoms. The lowest BCUT2D eigenvalue weighted by atomic mass is 10.5. The fourth-order valence-corrected chi connectivity index (χ4v) is 0.569. The molecule has 0 aliphatic rings. The molecule has 0 spiro atoms. The topological polar surface area (TPSA) is 34.7 Å². The van der Waals surface area contributed by atoms with Crippen molar-refractivity contribution in [2.45, 2.75) is 20.0 Å². The first-order valence-corrected chi connectivity index (χ1v) is 3.52. The van der Waals surface area contributed by atoms with Gasteiger partial charge in [-0.15, -0.1) is 0 Å². The van der Waals surface area contributed by atoms with Gasteiger partial charge in [0, 0.05) is 0 Å².